The van der Waals surface area contributed by atoms with Crippen molar-refractivity contribution in [3.05, 3.63) is 60.2 Å². The number of rotatable bonds is 13. The van der Waals surface area contributed by atoms with Crippen LogP contribution in [0.3, 0.4) is 0 Å². The molecule has 0 aromatic heterocycles. The molecule has 0 radical (unpaired) electrons. The monoisotopic (exact) mass is 424 g/mol. The third-order valence-corrected chi connectivity index (χ3v) is 4.57. The lowest BCUT2D eigenvalue weighted by atomic mass is 10.2. The molecule has 2 rings (SSSR count). The van der Waals surface area contributed by atoms with Crippen molar-refractivity contribution in [2.75, 3.05) is 6.61 Å². The van der Waals surface area contributed by atoms with Crippen LogP contribution in [0.4, 0.5) is 0 Å². The Labute approximate surface area is 185 Å². The summed E-state index contributed by atoms with van der Waals surface area (Å²) in [4.78, 5) is 23.8. The van der Waals surface area contributed by atoms with E-state index in [0.717, 1.165) is 43.4 Å². The molecule has 0 N–H and O–H groups in total. The minimum Gasteiger partial charge on any atom is -0.494 e. The van der Waals surface area contributed by atoms with Gasteiger partial charge in [-0.1, -0.05) is 51.7 Å². The maximum atomic E-state index is 12.0. The first kappa shape index (κ1) is 24.2. The Hall–Kier alpha value is -3.08. The molecule has 5 heteroatoms. The highest BCUT2D eigenvalue weighted by atomic mass is 16.5. The molecule has 0 atom stereocenters. The van der Waals surface area contributed by atoms with E-state index in [0.29, 0.717) is 24.5 Å². The first-order valence-corrected chi connectivity index (χ1v) is 11.0. The van der Waals surface area contributed by atoms with E-state index in [1.54, 1.807) is 30.3 Å². The van der Waals surface area contributed by atoms with Crippen LogP contribution < -0.4 is 14.2 Å². The van der Waals surface area contributed by atoms with Crippen molar-refractivity contribution in [1.82, 2.24) is 0 Å². The second-order valence-electron chi connectivity index (χ2n) is 7.28. The number of esters is 2. The van der Waals surface area contributed by atoms with E-state index in [1.165, 1.54) is 12.5 Å². The molecular formula is C26H32O5. The first-order chi connectivity index (χ1) is 15.1. The van der Waals surface area contributed by atoms with Crippen LogP contribution in [-0.4, -0.2) is 18.5 Å². The van der Waals surface area contributed by atoms with Crippen LogP contribution >= 0.6 is 0 Å². The fraction of sp³-hybridized carbons (Fsp3) is 0.385. The zero-order valence-electron chi connectivity index (χ0n) is 18.5. The average Bonchev–Trinajstić information content (AvgIpc) is 2.78. The molecule has 31 heavy (non-hydrogen) atoms. The van der Waals surface area contributed by atoms with Crippen molar-refractivity contribution in [3.63, 3.8) is 0 Å². The van der Waals surface area contributed by atoms with Gasteiger partial charge < -0.3 is 14.2 Å². The van der Waals surface area contributed by atoms with E-state index in [9.17, 15) is 9.59 Å². The number of hydrogen-bond donors (Lipinski definition) is 0. The second kappa shape index (κ2) is 14.0. The van der Waals surface area contributed by atoms with Crippen molar-refractivity contribution < 1.29 is 23.8 Å². The molecule has 0 amide bonds. The highest BCUT2D eigenvalue weighted by Gasteiger charge is 2.06. The SMILES string of the molecule is CCCCCOc1ccc(/C=C/C(=O)Oc2ccc(OC(=O)CCCCC)cc2)cc1. The van der Waals surface area contributed by atoms with Crippen molar-refractivity contribution >= 4 is 18.0 Å². The molecular weight excluding hydrogens is 392 g/mol. The Balaban J connectivity index is 1.77. The minimum absolute atomic E-state index is 0.251. The predicted molar refractivity (Wildman–Crippen MR) is 122 cm³/mol. The van der Waals surface area contributed by atoms with Crippen LogP contribution in [0.25, 0.3) is 6.08 Å². The van der Waals surface area contributed by atoms with Gasteiger partial charge in [0.2, 0.25) is 0 Å². The summed E-state index contributed by atoms with van der Waals surface area (Å²) in [6, 6.07) is 14.0. The van der Waals surface area contributed by atoms with Crippen molar-refractivity contribution in [1.29, 1.82) is 0 Å². The normalized spacial score (nSPS) is 10.8. The van der Waals surface area contributed by atoms with Crippen molar-refractivity contribution in [3.8, 4) is 17.2 Å². The molecule has 2 aromatic carbocycles. The summed E-state index contributed by atoms with van der Waals surface area (Å²) in [5.74, 6) is 0.912. The van der Waals surface area contributed by atoms with E-state index in [-0.39, 0.29) is 5.97 Å². The van der Waals surface area contributed by atoms with Gasteiger partial charge in [0.05, 0.1) is 6.61 Å². The number of unbranched alkanes of at least 4 members (excludes halogenated alkanes) is 4. The molecule has 0 saturated heterocycles. The highest BCUT2D eigenvalue weighted by Crippen LogP contribution is 2.19. The molecule has 0 heterocycles. The Morgan fingerprint density at radius 1 is 0.742 bits per heavy atom. The van der Waals surface area contributed by atoms with Crippen LogP contribution in [0.1, 0.15) is 64.4 Å². The smallest absolute Gasteiger partial charge is 0.336 e. The van der Waals surface area contributed by atoms with E-state index in [1.807, 2.05) is 24.3 Å². The van der Waals surface area contributed by atoms with E-state index < -0.39 is 5.97 Å². The largest absolute Gasteiger partial charge is 0.494 e. The molecule has 0 saturated carbocycles. The highest BCUT2D eigenvalue weighted by molar-refractivity contribution is 5.88. The standard InChI is InChI=1S/C26H32O5/c1-3-5-7-9-25(27)30-23-15-17-24(18-16-23)31-26(28)19-12-21-10-13-22(14-11-21)29-20-8-6-4-2/h10-19H,3-9,20H2,1-2H3/b19-12+. The number of ether oxygens (including phenoxy) is 3. The third kappa shape index (κ3) is 9.98. The molecule has 0 spiro atoms. The second-order valence-corrected chi connectivity index (χ2v) is 7.28. The number of benzene rings is 2. The van der Waals surface area contributed by atoms with Gasteiger partial charge in [0.15, 0.2) is 0 Å². The van der Waals surface area contributed by atoms with Gasteiger partial charge in [0.25, 0.3) is 0 Å². The molecule has 0 aliphatic rings. The molecule has 5 nitrogen and oxygen atoms in total. The van der Waals surface area contributed by atoms with Gasteiger partial charge in [-0.15, -0.1) is 0 Å². The number of carbonyl (C=O) groups excluding carboxylic acids is 2. The van der Waals surface area contributed by atoms with Gasteiger partial charge in [-0.05, 0) is 60.9 Å². The lowest BCUT2D eigenvalue weighted by Crippen LogP contribution is -2.07. The quantitative estimate of drug-likeness (QED) is 0.162. The fourth-order valence-electron chi connectivity index (χ4n) is 2.81. The Morgan fingerprint density at radius 3 is 1.97 bits per heavy atom. The van der Waals surface area contributed by atoms with Gasteiger partial charge in [-0.2, -0.15) is 0 Å². The predicted octanol–water partition coefficient (Wildman–Crippen LogP) is 6.36. The summed E-state index contributed by atoms with van der Waals surface area (Å²) in [6.45, 7) is 4.96. The molecule has 0 aliphatic heterocycles. The number of carbonyl (C=O) groups is 2. The van der Waals surface area contributed by atoms with Crippen LogP contribution in [0, 0.1) is 0 Å². The minimum atomic E-state index is -0.482. The number of hydrogen-bond acceptors (Lipinski definition) is 5. The van der Waals surface area contributed by atoms with E-state index in [4.69, 9.17) is 14.2 Å². The van der Waals surface area contributed by atoms with Crippen molar-refractivity contribution in [2.45, 2.75) is 58.8 Å². The van der Waals surface area contributed by atoms with Gasteiger partial charge >= 0.3 is 11.9 Å². The molecule has 2 aromatic rings. The summed E-state index contributed by atoms with van der Waals surface area (Å²) < 4.78 is 16.2. The Kier molecular flexibility index (Phi) is 10.9. The maximum absolute atomic E-state index is 12.0. The zero-order chi connectivity index (χ0) is 22.3. The fourth-order valence-corrected chi connectivity index (χ4v) is 2.81. The average molecular weight is 425 g/mol. The lowest BCUT2D eigenvalue weighted by molar-refractivity contribution is -0.134. The van der Waals surface area contributed by atoms with Gasteiger partial charge in [-0.3, -0.25) is 4.79 Å². The zero-order valence-corrected chi connectivity index (χ0v) is 18.5. The summed E-state index contributed by atoms with van der Waals surface area (Å²) in [6.07, 6.45) is 9.74. The summed E-state index contributed by atoms with van der Waals surface area (Å²) in [5.41, 5.74) is 0.878. The lowest BCUT2D eigenvalue weighted by Gasteiger charge is -2.06. The van der Waals surface area contributed by atoms with Crippen molar-refractivity contribution in [2.24, 2.45) is 0 Å². The molecule has 0 unspecified atom stereocenters. The first-order valence-electron chi connectivity index (χ1n) is 11.0. The maximum Gasteiger partial charge on any atom is 0.336 e. The summed E-state index contributed by atoms with van der Waals surface area (Å²) in [5, 5.41) is 0. The van der Waals surface area contributed by atoms with E-state index >= 15 is 0 Å². The van der Waals surface area contributed by atoms with Crippen LogP contribution in [0.2, 0.25) is 0 Å². The van der Waals surface area contributed by atoms with Crippen LogP contribution in [0.15, 0.2) is 54.6 Å². The summed E-state index contributed by atoms with van der Waals surface area (Å²) in [7, 11) is 0. The topological polar surface area (TPSA) is 61.8 Å². The Bertz CT molecular complexity index is 822. The van der Waals surface area contributed by atoms with Gasteiger partial charge in [0.1, 0.15) is 17.2 Å². The van der Waals surface area contributed by atoms with Crippen LogP contribution in [-0.2, 0) is 9.59 Å². The Morgan fingerprint density at radius 2 is 1.32 bits per heavy atom. The summed E-state index contributed by atoms with van der Waals surface area (Å²) >= 11 is 0. The van der Waals surface area contributed by atoms with Gasteiger partial charge in [-0.25, -0.2) is 4.79 Å². The molecule has 0 fully saturated rings. The molecule has 0 bridgehead atoms. The van der Waals surface area contributed by atoms with E-state index in [2.05, 4.69) is 13.8 Å². The van der Waals surface area contributed by atoms with Gasteiger partial charge in [0, 0.05) is 12.5 Å². The molecule has 166 valence electrons. The molecule has 0 aliphatic carbocycles. The third-order valence-electron chi connectivity index (χ3n) is 4.57. The van der Waals surface area contributed by atoms with Crippen LogP contribution in [0.5, 0.6) is 17.2 Å².